The molecule has 0 radical (unpaired) electrons. The van der Waals surface area contributed by atoms with Gasteiger partial charge in [0, 0.05) is 23.4 Å². The number of nitriles is 1. The van der Waals surface area contributed by atoms with Gasteiger partial charge in [0.1, 0.15) is 11.1 Å². The molecule has 1 aliphatic carbocycles. The molecule has 3 N–H and O–H groups in total. The number of hydrogen-bond donors (Lipinski definition) is 2. The van der Waals surface area contributed by atoms with Gasteiger partial charge < -0.3 is 15.6 Å². The molecule has 35 heavy (non-hydrogen) atoms. The van der Waals surface area contributed by atoms with Crippen molar-refractivity contribution in [3.8, 4) is 40.0 Å². The summed E-state index contributed by atoms with van der Waals surface area (Å²) in [6.45, 7) is 1.97. The third-order valence-electron chi connectivity index (χ3n) is 7.44. The minimum atomic E-state index is -0.549. The predicted octanol–water partition coefficient (Wildman–Crippen LogP) is 4.22. The predicted molar refractivity (Wildman–Crippen MR) is 132 cm³/mol. The first-order valence-electron chi connectivity index (χ1n) is 11.9. The number of benzene rings is 1. The molecular formula is C27H25N7O. The standard InChI is InChI=1S/C27H25N7O/c28-16-27(14-19-6-9-30-10-8-20(19)27)24-12-18(7-11-31-24)22-15-32-26(29)25(33-22)23-13-21(34-35-23)17-4-2-1-3-5-17/h1-5,7,11-13,15,19-20,30H,6,8-10,14H2,(H2,29,32). The molecule has 4 heterocycles. The van der Waals surface area contributed by atoms with Crippen LogP contribution in [0.5, 0.6) is 0 Å². The molecule has 4 aromatic rings. The highest BCUT2D eigenvalue weighted by Gasteiger charge is 2.56. The van der Waals surface area contributed by atoms with E-state index in [0.29, 0.717) is 34.7 Å². The van der Waals surface area contributed by atoms with Gasteiger partial charge in [0.15, 0.2) is 17.3 Å². The summed E-state index contributed by atoms with van der Waals surface area (Å²) >= 11 is 0. The molecule has 3 aromatic heterocycles. The van der Waals surface area contributed by atoms with Crippen molar-refractivity contribution < 1.29 is 4.52 Å². The van der Waals surface area contributed by atoms with Crippen molar-refractivity contribution in [2.45, 2.75) is 24.7 Å². The first-order chi connectivity index (χ1) is 17.2. The summed E-state index contributed by atoms with van der Waals surface area (Å²) in [6.07, 6.45) is 6.36. The Hall–Kier alpha value is -4.09. The Morgan fingerprint density at radius 3 is 2.74 bits per heavy atom. The Balaban J connectivity index is 1.34. The Kier molecular flexibility index (Phi) is 5.27. The van der Waals surface area contributed by atoms with Gasteiger partial charge in [0.2, 0.25) is 0 Å². The SMILES string of the molecule is N#CC1(c2cc(-c3cnc(N)c(-c4cc(-c5ccccc5)no4)n3)ccn2)CC2CCNCCC21. The zero-order valence-corrected chi connectivity index (χ0v) is 19.2. The van der Waals surface area contributed by atoms with Crippen molar-refractivity contribution in [3.05, 3.63) is 66.6 Å². The Bertz CT molecular complexity index is 1410. The fraction of sp³-hybridized carbons (Fsp3) is 0.296. The minimum Gasteiger partial charge on any atom is -0.382 e. The van der Waals surface area contributed by atoms with Crippen LogP contribution in [-0.4, -0.2) is 33.2 Å². The molecule has 2 fully saturated rings. The largest absolute Gasteiger partial charge is 0.382 e. The number of rotatable bonds is 4. The zero-order chi connectivity index (χ0) is 23.8. The van der Waals surface area contributed by atoms with E-state index in [0.717, 1.165) is 49.2 Å². The van der Waals surface area contributed by atoms with Crippen molar-refractivity contribution in [2.24, 2.45) is 11.8 Å². The fourth-order valence-electron chi connectivity index (χ4n) is 5.57. The van der Waals surface area contributed by atoms with Crippen molar-refractivity contribution >= 4 is 5.82 Å². The lowest BCUT2D eigenvalue weighted by Gasteiger charge is -2.50. The zero-order valence-electron chi connectivity index (χ0n) is 19.2. The number of nitrogens with zero attached hydrogens (tertiary/aromatic N) is 5. The smallest absolute Gasteiger partial charge is 0.189 e. The van der Waals surface area contributed by atoms with Gasteiger partial charge in [-0.2, -0.15) is 5.26 Å². The van der Waals surface area contributed by atoms with Crippen LogP contribution in [0.25, 0.3) is 34.0 Å². The fourth-order valence-corrected chi connectivity index (χ4v) is 5.57. The van der Waals surface area contributed by atoms with Gasteiger partial charge in [-0.25, -0.2) is 9.97 Å². The third-order valence-corrected chi connectivity index (χ3v) is 7.44. The van der Waals surface area contributed by atoms with Crippen LogP contribution in [0, 0.1) is 23.2 Å². The number of pyridine rings is 1. The van der Waals surface area contributed by atoms with Crippen LogP contribution >= 0.6 is 0 Å². The molecule has 0 spiro atoms. The van der Waals surface area contributed by atoms with Gasteiger partial charge in [-0.05, 0) is 56.3 Å². The molecule has 6 rings (SSSR count). The average Bonchev–Trinajstić information content (AvgIpc) is 3.30. The number of nitrogens with one attached hydrogen (secondary N) is 1. The summed E-state index contributed by atoms with van der Waals surface area (Å²) in [5.74, 6) is 1.61. The third kappa shape index (κ3) is 3.65. The molecule has 174 valence electrons. The number of anilines is 1. The first kappa shape index (κ1) is 21.4. The molecule has 0 amide bonds. The van der Waals surface area contributed by atoms with Crippen LogP contribution in [0.1, 0.15) is 25.0 Å². The highest BCUT2D eigenvalue weighted by atomic mass is 16.5. The van der Waals surface area contributed by atoms with Crippen molar-refractivity contribution in [3.63, 3.8) is 0 Å². The van der Waals surface area contributed by atoms with Crippen molar-refractivity contribution in [1.82, 2.24) is 25.4 Å². The molecule has 8 heteroatoms. The van der Waals surface area contributed by atoms with E-state index < -0.39 is 5.41 Å². The van der Waals surface area contributed by atoms with Gasteiger partial charge >= 0.3 is 0 Å². The maximum Gasteiger partial charge on any atom is 0.189 e. The van der Waals surface area contributed by atoms with E-state index >= 15 is 0 Å². The van der Waals surface area contributed by atoms with Gasteiger partial charge in [0.25, 0.3) is 0 Å². The lowest BCUT2D eigenvalue weighted by molar-refractivity contribution is 0.0681. The number of fused-ring (bicyclic) bond motifs is 1. The number of nitrogens with two attached hydrogens (primary N) is 1. The van der Waals surface area contributed by atoms with Crippen molar-refractivity contribution in [2.75, 3.05) is 18.8 Å². The van der Waals surface area contributed by atoms with Gasteiger partial charge in [-0.15, -0.1) is 0 Å². The van der Waals surface area contributed by atoms with Crippen LogP contribution in [0.3, 0.4) is 0 Å². The Morgan fingerprint density at radius 2 is 1.89 bits per heavy atom. The van der Waals surface area contributed by atoms with Crippen LogP contribution < -0.4 is 11.1 Å². The highest BCUT2D eigenvalue weighted by Crippen LogP contribution is 2.55. The number of aromatic nitrogens is 4. The van der Waals surface area contributed by atoms with E-state index in [2.05, 4.69) is 26.5 Å². The first-order valence-corrected chi connectivity index (χ1v) is 11.9. The second-order valence-electron chi connectivity index (χ2n) is 9.34. The van der Waals surface area contributed by atoms with E-state index in [1.54, 1.807) is 12.4 Å². The van der Waals surface area contributed by atoms with E-state index in [9.17, 15) is 5.26 Å². The van der Waals surface area contributed by atoms with E-state index in [4.69, 9.17) is 15.2 Å². The van der Waals surface area contributed by atoms with E-state index in [-0.39, 0.29) is 5.82 Å². The summed E-state index contributed by atoms with van der Waals surface area (Å²) < 4.78 is 5.58. The monoisotopic (exact) mass is 463 g/mol. The van der Waals surface area contributed by atoms with Crippen LogP contribution in [0.4, 0.5) is 5.82 Å². The second-order valence-corrected chi connectivity index (χ2v) is 9.34. The molecule has 1 aliphatic heterocycles. The molecular weight excluding hydrogens is 438 g/mol. The summed E-state index contributed by atoms with van der Waals surface area (Å²) in [7, 11) is 0. The van der Waals surface area contributed by atoms with E-state index in [1.807, 2.05) is 48.5 Å². The summed E-state index contributed by atoms with van der Waals surface area (Å²) in [4.78, 5) is 13.8. The second kappa shape index (κ2) is 8.60. The maximum absolute atomic E-state index is 10.2. The van der Waals surface area contributed by atoms with Gasteiger partial charge in [-0.1, -0.05) is 35.5 Å². The quantitative estimate of drug-likeness (QED) is 0.460. The molecule has 1 saturated heterocycles. The van der Waals surface area contributed by atoms with Crippen LogP contribution in [0.2, 0.25) is 0 Å². The topological polar surface area (TPSA) is 127 Å². The summed E-state index contributed by atoms with van der Waals surface area (Å²) in [6, 6.07) is 18.1. The molecule has 0 bridgehead atoms. The van der Waals surface area contributed by atoms with Gasteiger partial charge in [-0.3, -0.25) is 4.98 Å². The maximum atomic E-state index is 10.2. The van der Waals surface area contributed by atoms with Crippen LogP contribution in [-0.2, 0) is 5.41 Å². The molecule has 3 unspecified atom stereocenters. The lowest BCUT2D eigenvalue weighted by Crippen LogP contribution is -2.51. The Morgan fingerprint density at radius 1 is 1.03 bits per heavy atom. The minimum absolute atomic E-state index is 0.264. The molecule has 1 saturated carbocycles. The lowest BCUT2D eigenvalue weighted by atomic mass is 9.51. The summed E-state index contributed by atoms with van der Waals surface area (Å²) in [5.41, 5.74) is 9.99. The molecule has 3 atom stereocenters. The van der Waals surface area contributed by atoms with Crippen molar-refractivity contribution in [1.29, 1.82) is 5.26 Å². The average molecular weight is 464 g/mol. The normalized spacial score (nSPS) is 23.5. The number of nitrogen functional groups attached to an aromatic ring is 1. The molecule has 1 aromatic carbocycles. The molecule has 2 aliphatic rings. The number of hydrogen-bond acceptors (Lipinski definition) is 8. The highest BCUT2D eigenvalue weighted by molar-refractivity contribution is 5.73. The van der Waals surface area contributed by atoms with Crippen LogP contribution in [0.15, 0.2) is 65.4 Å². The molecule has 8 nitrogen and oxygen atoms in total. The van der Waals surface area contributed by atoms with E-state index in [1.165, 1.54) is 0 Å². The summed E-state index contributed by atoms with van der Waals surface area (Å²) in [5, 5.41) is 17.9. The van der Waals surface area contributed by atoms with Gasteiger partial charge in [0.05, 0.1) is 23.7 Å². The Labute approximate surface area is 203 Å².